The maximum atomic E-state index is 12.2. The summed E-state index contributed by atoms with van der Waals surface area (Å²) < 4.78 is 5.86. The molecule has 22 heavy (non-hydrogen) atoms. The molecule has 2 aromatic rings. The molecule has 116 valence electrons. The molecule has 3 N–H and O–H groups in total. The van der Waals surface area contributed by atoms with Gasteiger partial charge in [-0.2, -0.15) is 0 Å². The molecule has 7 heteroatoms. The summed E-state index contributed by atoms with van der Waals surface area (Å²) in [6.07, 6.45) is 0. The van der Waals surface area contributed by atoms with E-state index in [1.54, 1.807) is 30.3 Å². The Morgan fingerprint density at radius 2 is 2.14 bits per heavy atom. The van der Waals surface area contributed by atoms with E-state index in [9.17, 15) is 9.59 Å². The molecule has 1 unspecified atom stereocenters. The smallest absolute Gasteiger partial charge is 0.255 e. The average Bonchev–Trinajstić information content (AvgIpc) is 2.92. The first-order valence-corrected chi connectivity index (χ1v) is 7.72. The molecule has 1 aromatic heterocycles. The van der Waals surface area contributed by atoms with Gasteiger partial charge in [0.15, 0.2) is 6.61 Å². The highest BCUT2D eigenvalue weighted by molar-refractivity contribution is 7.16. The number of ether oxygens (including phenoxy) is 1. The number of halogens is 1. The minimum absolute atomic E-state index is 0.153. The number of thiophene rings is 1. The van der Waals surface area contributed by atoms with Gasteiger partial charge < -0.3 is 15.8 Å². The van der Waals surface area contributed by atoms with Gasteiger partial charge in [0, 0.05) is 10.4 Å². The van der Waals surface area contributed by atoms with E-state index in [2.05, 4.69) is 5.32 Å². The van der Waals surface area contributed by atoms with Crippen molar-refractivity contribution >= 4 is 34.8 Å². The van der Waals surface area contributed by atoms with Crippen LogP contribution < -0.4 is 15.8 Å². The van der Waals surface area contributed by atoms with Gasteiger partial charge in [-0.3, -0.25) is 9.59 Å². The van der Waals surface area contributed by atoms with Gasteiger partial charge in [0.2, 0.25) is 0 Å². The lowest BCUT2D eigenvalue weighted by atomic mass is 10.2. The summed E-state index contributed by atoms with van der Waals surface area (Å²) in [5.74, 6) is -0.391. The Labute approximate surface area is 137 Å². The molecule has 2 amide bonds. The standard InChI is InChI=1S/C15H15ClN2O3S/c1-9(12-5-6-13(16)22-12)18-15(20)10-3-2-4-11(7-10)21-8-14(17)19/h2-7,9H,8H2,1H3,(H2,17,19)(H,18,20). The van der Waals surface area contributed by atoms with Crippen molar-refractivity contribution in [2.45, 2.75) is 13.0 Å². The van der Waals surface area contributed by atoms with Gasteiger partial charge in [0.1, 0.15) is 5.75 Å². The maximum Gasteiger partial charge on any atom is 0.255 e. The zero-order valence-electron chi connectivity index (χ0n) is 11.8. The van der Waals surface area contributed by atoms with Crippen LogP contribution in [0.15, 0.2) is 36.4 Å². The van der Waals surface area contributed by atoms with Gasteiger partial charge in [0.05, 0.1) is 10.4 Å². The molecule has 0 spiro atoms. The molecule has 0 saturated heterocycles. The van der Waals surface area contributed by atoms with Crippen LogP contribution in [0.1, 0.15) is 28.2 Å². The quantitative estimate of drug-likeness (QED) is 0.849. The number of benzene rings is 1. The van der Waals surface area contributed by atoms with Crippen LogP contribution in [0, 0.1) is 0 Å². The molecule has 1 atom stereocenters. The molecule has 0 aliphatic heterocycles. The SMILES string of the molecule is CC(NC(=O)c1cccc(OCC(N)=O)c1)c1ccc(Cl)s1. The lowest BCUT2D eigenvalue weighted by Gasteiger charge is -2.13. The zero-order chi connectivity index (χ0) is 16.1. The van der Waals surface area contributed by atoms with E-state index >= 15 is 0 Å². The number of hydrogen-bond donors (Lipinski definition) is 2. The largest absolute Gasteiger partial charge is 0.484 e. The molecular weight excluding hydrogens is 324 g/mol. The fourth-order valence-electron chi connectivity index (χ4n) is 1.79. The predicted octanol–water partition coefficient (Wildman–Crippen LogP) is 2.76. The van der Waals surface area contributed by atoms with Crippen LogP contribution in [-0.2, 0) is 4.79 Å². The van der Waals surface area contributed by atoms with Crippen molar-refractivity contribution in [3.63, 3.8) is 0 Å². The summed E-state index contributed by atoms with van der Waals surface area (Å²) in [4.78, 5) is 23.9. The van der Waals surface area contributed by atoms with Crippen molar-refractivity contribution in [1.29, 1.82) is 0 Å². The van der Waals surface area contributed by atoms with E-state index in [4.69, 9.17) is 22.1 Å². The molecule has 0 bridgehead atoms. The number of carbonyl (C=O) groups excluding carboxylic acids is 2. The first-order chi connectivity index (χ1) is 10.5. The van der Waals surface area contributed by atoms with E-state index in [-0.39, 0.29) is 18.6 Å². The highest BCUT2D eigenvalue weighted by atomic mass is 35.5. The van der Waals surface area contributed by atoms with Crippen LogP contribution in [0.25, 0.3) is 0 Å². The van der Waals surface area contributed by atoms with Crippen molar-refractivity contribution in [1.82, 2.24) is 5.32 Å². The number of amides is 2. The van der Waals surface area contributed by atoms with Crippen molar-refractivity contribution in [2.75, 3.05) is 6.61 Å². The summed E-state index contributed by atoms with van der Waals surface area (Å²) in [5.41, 5.74) is 5.46. The Balaban J connectivity index is 2.02. The number of nitrogens with one attached hydrogen (secondary N) is 1. The van der Waals surface area contributed by atoms with E-state index in [1.807, 2.05) is 13.0 Å². The molecule has 0 aliphatic carbocycles. The highest BCUT2D eigenvalue weighted by Crippen LogP contribution is 2.27. The average molecular weight is 339 g/mol. The maximum absolute atomic E-state index is 12.2. The third kappa shape index (κ3) is 4.47. The molecule has 1 aromatic carbocycles. The third-order valence-electron chi connectivity index (χ3n) is 2.85. The van der Waals surface area contributed by atoms with Gasteiger partial charge in [-0.25, -0.2) is 0 Å². The van der Waals surface area contributed by atoms with Crippen LogP contribution in [0.3, 0.4) is 0 Å². The van der Waals surface area contributed by atoms with Gasteiger partial charge in [0.25, 0.3) is 11.8 Å². The number of rotatable bonds is 6. The second kappa shape index (κ2) is 7.29. The zero-order valence-corrected chi connectivity index (χ0v) is 13.4. The number of primary amides is 1. The Bertz CT molecular complexity index is 687. The first kappa shape index (κ1) is 16.3. The molecular formula is C15H15ClN2O3S. The lowest BCUT2D eigenvalue weighted by molar-refractivity contribution is -0.119. The predicted molar refractivity (Wildman–Crippen MR) is 86.3 cm³/mol. The molecule has 0 fully saturated rings. The summed E-state index contributed by atoms with van der Waals surface area (Å²) in [6.45, 7) is 1.66. The van der Waals surface area contributed by atoms with Crippen LogP contribution >= 0.6 is 22.9 Å². The summed E-state index contributed by atoms with van der Waals surface area (Å²) >= 11 is 7.31. The summed E-state index contributed by atoms with van der Waals surface area (Å²) in [5, 5.41) is 2.88. The topological polar surface area (TPSA) is 81.4 Å². The fourth-order valence-corrected chi connectivity index (χ4v) is 2.86. The normalized spacial score (nSPS) is 11.7. The van der Waals surface area contributed by atoms with Crippen molar-refractivity contribution in [3.05, 3.63) is 51.2 Å². The van der Waals surface area contributed by atoms with Gasteiger partial charge in [-0.1, -0.05) is 17.7 Å². The van der Waals surface area contributed by atoms with Crippen LogP contribution in [0.5, 0.6) is 5.75 Å². The fraction of sp³-hybridized carbons (Fsp3) is 0.200. The van der Waals surface area contributed by atoms with Crippen LogP contribution in [0.4, 0.5) is 0 Å². The van der Waals surface area contributed by atoms with E-state index in [0.717, 1.165) is 4.88 Å². The van der Waals surface area contributed by atoms with Gasteiger partial charge >= 0.3 is 0 Å². The monoisotopic (exact) mass is 338 g/mol. The van der Waals surface area contributed by atoms with Crippen molar-refractivity contribution in [2.24, 2.45) is 5.73 Å². The second-order valence-corrected chi connectivity index (χ2v) is 6.37. The first-order valence-electron chi connectivity index (χ1n) is 6.53. The Kier molecular flexibility index (Phi) is 5.41. The number of nitrogens with two attached hydrogens (primary N) is 1. The lowest BCUT2D eigenvalue weighted by Crippen LogP contribution is -2.26. The molecule has 1 heterocycles. The minimum atomic E-state index is -0.571. The van der Waals surface area contributed by atoms with E-state index < -0.39 is 5.91 Å². The molecule has 0 aliphatic rings. The summed E-state index contributed by atoms with van der Waals surface area (Å²) in [7, 11) is 0. The number of carbonyl (C=O) groups is 2. The van der Waals surface area contributed by atoms with Crippen molar-refractivity contribution < 1.29 is 14.3 Å². The second-order valence-electron chi connectivity index (χ2n) is 4.62. The number of hydrogen-bond acceptors (Lipinski definition) is 4. The molecule has 5 nitrogen and oxygen atoms in total. The Morgan fingerprint density at radius 1 is 1.36 bits per heavy atom. The highest BCUT2D eigenvalue weighted by Gasteiger charge is 2.13. The molecule has 2 rings (SSSR count). The van der Waals surface area contributed by atoms with Crippen molar-refractivity contribution in [3.8, 4) is 5.75 Å². The minimum Gasteiger partial charge on any atom is -0.484 e. The van der Waals surface area contributed by atoms with Crippen LogP contribution in [-0.4, -0.2) is 18.4 Å². The van der Waals surface area contributed by atoms with Gasteiger partial charge in [-0.15, -0.1) is 11.3 Å². The van der Waals surface area contributed by atoms with E-state index in [1.165, 1.54) is 11.3 Å². The Morgan fingerprint density at radius 3 is 2.77 bits per heavy atom. The summed E-state index contributed by atoms with van der Waals surface area (Å²) in [6, 6.07) is 10.1. The van der Waals surface area contributed by atoms with Gasteiger partial charge in [-0.05, 0) is 37.3 Å². The Hall–Kier alpha value is -2.05. The third-order valence-corrected chi connectivity index (χ3v) is 4.26. The van der Waals surface area contributed by atoms with E-state index in [0.29, 0.717) is 15.6 Å². The molecule has 0 radical (unpaired) electrons. The molecule has 0 saturated carbocycles. The van der Waals surface area contributed by atoms with Crippen LogP contribution in [0.2, 0.25) is 4.34 Å².